The molecule has 2 amide bonds. The highest BCUT2D eigenvalue weighted by atomic mass is 16.5. The summed E-state index contributed by atoms with van der Waals surface area (Å²) in [6.45, 7) is 10.9. The molecule has 13 nitrogen and oxygen atoms in total. The van der Waals surface area contributed by atoms with E-state index in [1.165, 1.54) is 0 Å². The van der Waals surface area contributed by atoms with Gasteiger partial charge in [0.1, 0.15) is 12.4 Å². The minimum absolute atomic E-state index is 0.0362. The molecule has 6 unspecified atom stereocenters. The van der Waals surface area contributed by atoms with Crippen molar-refractivity contribution in [3.63, 3.8) is 0 Å². The third-order valence-electron chi connectivity index (χ3n) is 12.3. The Morgan fingerprint density at radius 3 is 1.54 bits per heavy atom. The molecule has 3 aliphatic rings. The summed E-state index contributed by atoms with van der Waals surface area (Å²) in [7, 11) is 0. The first-order chi connectivity index (χ1) is 28.3. The molecule has 7 N–H and O–H groups in total. The minimum atomic E-state index is -0.822. The lowest BCUT2D eigenvalue weighted by Gasteiger charge is -2.25. The number of nitrogens with zero attached hydrogens (tertiary/aromatic N) is 1. The minimum Gasteiger partial charge on any atom is -0.492 e. The van der Waals surface area contributed by atoms with Crippen LogP contribution in [0.3, 0.4) is 0 Å². The van der Waals surface area contributed by atoms with Gasteiger partial charge in [-0.3, -0.25) is 14.4 Å². The Kier molecular flexibility index (Phi) is 15.0. The fourth-order valence-corrected chi connectivity index (χ4v) is 9.37. The number of carbonyl (C=O) groups is 4. The van der Waals surface area contributed by atoms with Gasteiger partial charge in [0.2, 0.25) is 0 Å². The molecule has 0 aromatic heterocycles. The summed E-state index contributed by atoms with van der Waals surface area (Å²) in [5, 5.41) is 43.2. The molecule has 6 atom stereocenters. The zero-order valence-corrected chi connectivity index (χ0v) is 34.6. The molecule has 3 aromatic rings. The van der Waals surface area contributed by atoms with E-state index in [1.807, 2.05) is 75.4 Å². The number of carbonyl (C=O) groups excluding carboxylic acids is 1. The lowest BCUT2D eigenvalue weighted by molar-refractivity contribution is -0.144. The lowest BCUT2D eigenvalue weighted by Crippen LogP contribution is -2.37. The molecule has 0 spiro atoms. The number of hydrogen-bond acceptors (Lipinski definition) is 8. The first-order valence-corrected chi connectivity index (χ1v) is 21.1. The van der Waals surface area contributed by atoms with E-state index >= 15 is 0 Å². The van der Waals surface area contributed by atoms with Gasteiger partial charge in [-0.15, -0.1) is 0 Å². The van der Waals surface area contributed by atoms with Gasteiger partial charge in [0, 0.05) is 12.2 Å². The Balaban J connectivity index is 1.21. The van der Waals surface area contributed by atoms with Crippen LogP contribution in [0.2, 0.25) is 0 Å². The largest absolute Gasteiger partial charge is 0.492 e. The molecule has 6 rings (SSSR count). The number of aryl methyl sites for hydroxylation is 3. The molecule has 3 saturated heterocycles. The second-order valence-electron chi connectivity index (χ2n) is 17.1. The molecule has 3 heterocycles. The summed E-state index contributed by atoms with van der Waals surface area (Å²) < 4.78 is 6.29. The van der Waals surface area contributed by atoms with E-state index in [0.29, 0.717) is 50.3 Å². The molecule has 0 saturated carbocycles. The Morgan fingerprint density at radius 2 is 1.07 bits per heavy atom. The number of anilines is 1. The van der Waals surface area contributed by atoms with Crippen LogP contribution in [0.25, 0.3) is 0 Å². The maximum absolute atomic E-state index is 14.3. The number of ether oxygens (including phenoxy) is 1. The van der Waals surface area contributed by atoms with Gasteiger partial charge >= 0.3 is 23.9 Å². The van der Waals surface area contributed by atoms with Gasteiger partial charge in [0.05, 0.1) is 24.3 Å². The van der Waals surface area contributed by atoms with Crippen molar-refractivity contribution < 1.29 is 39.2 Å². The zero-order chi connectivity index (χ0) is 42.1. The molecular formula is C46H61N5O8. The Morgan fingerprint density at radius 1 is 0.627 bits per heavy atom. The first kappa shape index (κ1) is 43.6. The second kappa shape index (κ2) is 20.3. The molecular weight excluding hydrogens is 751 g/mol. The summed E-state index contributed by atoms with van der Waals surface area (Å²) >= 11 is 0. The van der Waals surface area contributed by atoms with Crippen LogP contribution in [-0.2, 0) is 40.2 Å². The normalized spacial score (nSPS) is 20.5. The zero-order valence-electron chi connectivity index (χ0n) is 34.6. The summed E-state index contributed by atoms with van der Waals surface area (Å²) in [6, 6.07) is 17.2. The van der Waals surface area contributed by atoms with Crippen LogP contribution < -0.4 is 26.0 Å². The van der Waals surface area contributed by atoms with Crippen molar-refractivity contribution in [1.82, 2.24) is 20.9 Å². The lowest BCUT2D eigenvalue weighted by atomic mass is 9.85. The van der Waals surface area contributed by atoms with Gasteiger partial charge in [-0.05, 0) is 174 Å². The molecule has 13 heteroatoms. The Labute approximate surface area is 347 Å². The number of carboxylic acids is 3. The second-order valence-corrected chi connectivity index (χ2v) is 17.1. The molecule has 59 heavy (non-hydrogen) atoms. The molecule has 318 valence electrons. The van der Waals surface area contributed by atoms with Crippen LogP contribution in [0.1, 0.15) is 58.2 Å². The van der Waals surface area contributed by atoms with Gasteiger partial charge in [0.15, 0.2) is 0 Å². The van der Waals surface area contributed by atoms with Crippen LogP contribution in [0.4, 0.5) is 10.5 Å². The van der Waals surface area contributed by atoms with E-state index in [0.717, 1.165) is 77.8 Å². The number of urea groups is 1. The topological polar surface area (TPSA) is 190 Å². The summed E-state index contributed by atoms with van der Waals surface area (Å²) in [5.41, 5.74) is 6.89. The van der Waals surface area contributed by atoms with Crippen molar-refractivity contribution in [1.29, 1.82) is 0 Å². The predicted octanol–water partition coefficient (Wildman–Crippen LogP) is 5.28. The van der Waals surface area contributed by atoms with Crippen LogP contribution in [0.15, 0.2) is 54.6 Å². The van der Waals surface area contributed by atoms with Gasteiger partial charge in [-0.1, -0.05) is 35.9 Å². The summed E-state index contributed by atoms with van der Waals surface area (Å²) in [5.74, 6) is -3.24. The SMILES string of the molecule is Cc1cc(CC(C(=O)O)C2CCNC2)cc(CN(CCOc2cc(C)cc(CC(C(=O)O)C3CCNC3)c2)C(=O)Nc2cc(C)cc(CC(C(=O)O)C3CCNC3)c2)c1. The van der Waals surface area contributed by atoms with Gasteiger partial charge < -0.3 is 46.2 Å². The monoisotopic (exact) mass is 811 g/mol. The van der Waals surface area contributed by atoms with E-state index in [-0.39, 0.29) is 43.5 Å². The van der Waals surface area contributed by atoms with Crippen LogP contribution >= 0.6 is 0 Å². The number of benzene rings is 3. The van der Waals surface area contributed by atoms with Crippen LogP contribution in [-0.4, -0.2) is 96.6 Å². The number of nitrogens with one attached hydrogen (secondary N) is 4. The average molecular weight is 812 g/mol. The smallest absolute Gasteiger partial charge is 0.322 e. The van der Waals surface area contributed by atoms with Crippen molar-refractivity contribution in [3.8, 4) is 5.75 Å². The van der Waals surface area contributed by atoms with Crippen molar-refractivity contribution in [3.05, 3.63) is 93.5 Å². The van der Waals surface area contributed by atoms with E-state index in [9.17, 15) is 34.5 Å². The number of carboxylic acid groups (broad SMARTS) is 3. The third kappa shape index (κ3) is 12.3. The van der Waals surface area contributed by atoms with E-state index in [4.69, 9.17) is 4.74 Å². The molecule has 3 aromatic carbocycles. The fourth-order valence-electron chi connectivity index (χ4n) is 9.37. The fraction of sp³-hybridized carbons (Fsp3) is 0.522. The average Bonchev–Trinajstić information content (AvgIpc) is 3.99. The van der Waals surface area contributed by atoms with Gasteiger partial charge in [-0.25, -0.2) is 4.79 Å². The Bertz CT molecular complexity index is 1950. The standard InChI is InChI=1S/C46H61N5O8/c1-28-12-31(21-40(43(52)53)35-4-7-47-24-35)18-34(15-28)27-51(10-11-59-39-17-30(3)14-33(20-39)23-42(45(56)57)37-6-9-49-26-37)46(58)50-38-16-29(2)13-32(19-38)22-41(44(54)55)36-5-8-48-25-36/h12-20,35-37,40-42,47-49H,4-11,21-27H2,1-3H3,(H,50,58)(H,52,53)(H,54,55)(H,56,57). The molecule has 3 aliphatic heterocycles. The summed E-state index contributed by atoms with van der Waals surface area (Å²) in [6.07, 6.45) is 3.60. The number of hydrogen-bond donors (Lipinski definition) is 7. The molecule has 0 radical (unpaired) electrons. The van der Waals surface area contributed by atoms with Crippen molar-refractivity contribution in [2.24, 2.45) is 35.5 Å². The number of aliphatic carboxylic acids is 3. The first-order valence-electron chi connectivity index (χ1n) is 21.1. The van der Waals surface area contributed by atoms with Crippen LogP contribution in [0, 0.1) is 56.3 Å². The van der Waals surface area contributed by atoms with Gasteiger partial charge in [-0.2, -0.15) is 0 Å². The highest BCUT2D eigenvalue weighted by molar-refractivity contribution is 5.89. The van der Waals surface area contributed by atoms with Gasteiger partial charge in [0.25, 0.3) is 0 Å². The van der Waals surface area contributed by atoms with Crippen molar-refractivity contribution >= 4 is 29.6 Å². The molecule has 0 bridgehead atoms. The van der Waals surface area contributed by atoms with E-state index in [2.05, 4.69) is 21.3 Å². The predicted molar refractivity (Wildman–Crippen MR) is 226 cm³/mol. The third-order valence-corrected chi connectivity index (χ3v) is 12.3. The number of rotatable bonds is 19. The van der Waals surface area contributed by atoms with Crippen molar-refractivity contribution in [2.75, 3.05) is 57.7 Å². The highest BCUT2D eigenvalue weighted by Crippen LogP contribution is 2.29. The Hall–Kier alpha value is -4.98. The summed E-state index contributed by atoms with van der Waals surface area (Å²) in [4.78, 5) is 52.8. The molecule has 0 aliphatic carbocycles. The molecule has 3 fully saturated rings. The van der Waals surface area contributed by atoms with Crippen LogP contribution in [0.5, 0.6) is 5.75 Å². The number of amides is 2. The maximum atomic E-state index is 14.3. The maximum Gasteiger partial charge on any atom is 0.322 e. The van der Waals surface area contributed by atoms with E-state index < -0.39 is 35.7 Å². The highest BCUT2D eigenvalue weighted by Gasteiger charge is 2.33. The van der Waals surface area contributed by atoms with Crippen molar-refractivity contribution in [2.45, 2.75) is 65.8 Å². The quantitative estimate of drug-likeness (QED) is 0.0834. The van der Waals surface area contributed by atoms with E-state index in [1.54, 1.807) is 4.90 Å².